The summed E-state index contributed by atoms with van der Waals surface area (Å²) < 4.78 is 15.7. The van der Waals surface area contributed by atoms with Gasteiger partial charge in [0.2, 0.25) is 12.5 Å². The van der Waals surface area contributed by atoms with Crippen molar-refractivity contribution in [2.75, 3.05) is 28.0 Å². The fourth-order valence-corrected chi connectivity index (χ4v) is 1.56. The molecule has 1 aliphatic heterocycles. The van der Waals surface area contributed by atoms with Gasteiger partial charge in [0.25, 0.3) is 5.91 Å². The summed E-state index contributed by atoms with van der Waals surface area (Å²) in [5, 5.41) is 0. The summed E-state index contributed by atoms with van der Waals surface area (Å²) in [6, 6.07) is 3.39. The Labute approximate surface area is 93.5 Å². The summed E-state index contributed by atoms with van der Waals surface area (Å²) in [6.07, 6.45) is 0. The SMILES string of the molecule is COc1c(C(=O)N(C)C)ccc2c1OCO2. The van der Waals surface area contributed by atoms with Gasteiger partial charge in [0, 0.05) is 14.1 Å². The van der Waals surface area contributed by atoms with Crippen LogP contribution in [0.15, 0.2) is 12.1 Å². The van der Waals surface area contributed by atoms with Crippen LogP contribution in [-0.4, -0.2) is 38.8 Å². The summed E-state index contributed by atoms with van der Waals surface area (Å²) in [6.45, 7) is 0.158. The smallest absolute Gasteiger partial charge is 0.257 e. The van der Waals surface area contributed by atoms with Gasteiger partial charge in [-0.1, -0.05) is 0 Å². The first kappa shape index (κ1) is 10.6. The van der Waals surface area contributed by atoms with Crippen LogP contribution in [0.1, 0.15) is 10.4 Å². The quantitative estimate of drug-likeness (QED) is 0.754. The van der Waals surface area contributed by atoms with Crippen LogP contribution >= 0.6 is 0 Å². The second kappa shape index (κ2) is 3.92. The highest BCUT2D eigenvalue weighted by molar-refractivity contribution is 5.98. The highest BCUT2D eigenvalue weighted by Gasteiger charge is 2.25. The molecule has 1 amide bonds. The Kier molecular flexibility index (Phi) is 2.60. The van der Waals surface area contributed by atoms with E-state index in [0.29, 0.717) is 22.8 Å². The van der Waals surface area contributed by atoms with Crippen LogP contribution in [0.4, 0.5) is 0 Å². The first-order chi connectivity index (χ1) is 7.65. The molecule has 0 N–H and O–H groups in total. The van der Waals surface area contributed by atoms with Crippen LogP contribution in [0.25, 0.3) is 0 Å². The number of hydrogen-bond acceptors (Lipinski definition) is 4. The van der Waals surface area contributed by atoms with Crippen molar-refractivity contribution in [3.05, 3.63) is 17.7 Å². The molecule has 1 heterocycles. The molecule has 0 aromatic heterocycles. The van der Waals surface area contributed by atoms with Gasteiger partial charge in [-0.2, -0.15) is 0 Å². The third-order valence-electron chi connectivity index (χ3n) is 2.33. The molecule has 1 aliphatic rings. The van der Waals surface area contributed by atoms with Gasteiger partial charge in [-0.3, -0.25) is 4.79 Å². The topological polar surface area (TPSA) is 48.0 Å². The van der Waals surface area contributed by atoms with E-state index in [1.807, 2.05) is 0 Å². The maximum absolute atomic E-state index is 11.9. The molecule has 1 aromatic carbocycles. The monoisotopic (exact) mass is 223 g/mol. The van der Waals surface area contributed by atoms with E-state index in [1.165, 1.54) is 12.0 Å². The van der Waals surface area contributed by atoms with Gasteiger partial charge in [-0.15, -0.1) is 0 Å². The van der Waals surface area contributed by atoms with Gasteiger partial charge >= 0.3 is 0 Å². The third kappa shape index (κ3) is 1.54. The van der Waals surface area contributed by atoms with Crippen LogP contribution in [-0.2, 0) is 0 Å². The number of benzene rings is 1. The number of methoxy groups -OCH3 is 1. The molecule has 0 spiro atoms. The lowest BCUT2D eigenvalue weighted by molar-refractivity contribution is 0.0823. The van der Waals surface area contributed by atoms with Crippen molar-refractivity contribution in [3.63, 3.8) is 0 Å². The Hall–Kier alpha value is -1.91. The fraction of sp³-hybridized carbons (Fsp3) is 0.364. The molecule has 16 heavy (non-hydrogen) atoms. The van der Waals surface area contributed by atoms with E-state index in [1.54, 1.807) is 26.2 Å². The minimum absolute atomic E-state index is 0.129. The molecule has 0 unspecified atom stereocenters. The van der Waals surface area contributed by atoms with Crippen molar-refractivity contribution in [1.29, 1.82) is 0 Å². The number of nitrogens with zero attached hydrogens (tertiary/aromatic N) is 1. The predicted molar refractivity (Wildman–Crippen MR) is 57.1 cm³/mol. The Morgan fingerprint density at radius 1 is 1.38 bits per heavy atom. The molecule has 86 valence electrons. The zero-order valence-electron chi connectivity index (χ0n) is 9.44. The van der Waals surface area contributed by atoms with Crippen LogP contribution in [0.3, 0.4) is 0 Å². The van der Waals surface area contributed by atoms with Gasteiger partial charge in [-0.05, 0) is 12.1 Å². The molecule has 0 bridgehead atoms. The zero-order chi connectivity index (χ0) is 11.7. The maximum atomic E-state index is 11.9. The predicted octanol–water partition coefficient (Wildman–Crippen LogP) is 1.13. The van der Waals surface area contributed by atoms with E-state index in [-0.39, 0.29) is 12.7 Å². The van der Waals surface area contributed by atoms with Crippen molar-refractivity contribution in [2.45, 2.75) is 0 Å². The standard InChI is InChI=1S/C11H13NO4/c1-12(2)11(13)7-4-5-8-10(9(7)14-3)16-6-15-8/h4-5H,6H2,1-3H3. The van der Waals surface area contributed by atoms with Crippen LogP contribution in [0, 0.1) is 0 Å². The highest BCUT2D eigenvalue weighted by Crippen LogP contribution is 2.43. The summed E-state index contributed by atoms with van der Waals surface area (Å²) in [5.41, 5.74) is 0.469. The lowest BCUT2D eigenvalue weighted by Gasteiger charge is -2.14. The van der Waals surface area contributed by atoms with Gasteiger partial charge in [0.05, 0.1) is 12.7 Å². The number of amides is 1. The normalized spacial score (nSPS) is 12.4. The van der Waals surface area contributed by atoms with Crippen molar-refractivity contribution in [1.82, 2.24) is 4.90 Å². The first-order valence-electron chi connectivity index (χ1n) is 4.83. The minimum Gasteiger partial charge on any atom is -0.492 e. The van der Waals surface area contributed by atoms with Crippen molar-refractivity contribution < 1.29 is 19.0 Å². The molecular formula is C11H13NO4. The lowest BCUT2D eigenvalue weighted by atomic mass is 10.1. The molecule has 0 aliphatic carbocycles. The average Bonchev–Trinajstić information content (AvgIpc) is 2.74. The summed E-state index contributed by atoms with van der Waals surface area (Å²) in [5.74, 6) is 1.39. The Morgan fingerprint density at radius 3 is 2.75 bits per heavy atom. The van der Waals surface area contributed by atoms with Crippen molar-refractivity contribution in [3.8, 4) is 17.2 Å². The first-order valence-corrected chi connectivity index (χ1v) is 4.83. The molecule has 0 atom stereocenters. The molecule has 1 aromatic rings. The molecule has 2 rings (SSSR count). The molecule has 0 fully saturated rings. The molecule has 5 heteroatoms. The van der Waals surface area contributed by atoms with Crippen LogP contribution in [0.5, 0.6) is 17.2 Å². The third-order valence-corrected chi connectivity index (χ3v) is 2.33. The number of ether oxygens (including phenoxy) is 3. The van der Waals surface area contributed by atoms with Gasteiger partial charge in [0.15, 0.2) is 11.5 Å². The van der Waals surface area contributed by atoms with Gasteiger partial charge in [0.1, 0.15) is 0 Å². The Morgan fingerprint density at radius 2 is 2.12 bits per heavy atom. The van der Waals surface area contributed by atoms with E-state index in [9.17, 15) is 4.79 Å². The van der Waals surface area contributed by atoms with Crippen molar-refractivity contribution >= 4 is 5.91 Å². The summed E-state index contributed by atoms with van der Waals surface area (Å²) in [4.78, 5) is 13.4. The molecule has 0 radical (unpaired) electrons. The van der Waals surface area contributed by atoms with E-state index in [2.05, 4.69) is 0 Å². The molecule has 5 nitrogen and oxygen atoms in total. The fourth-order valence-electron chi connectivity index (χ4n) is 1.56. The Bertz CT molecular complexity index is 428. The van der Waals surface area contributed by atoms with E-state index >= 15 is 0 Å². The number of hydrogen-bond donors (Lipinski definition) is 0. The Balaban J connectivity index is 2.51. The number of fused-ring (bicyclic) bond motifs is 1. The van der Waals surface area contributed by atoms with Gasteiger partial charge in [-0.25, -0.2) is 0 Å². The van der Waals surface area contributed by atoms with E-state index < -0.39 is 0 Å². The second-order valence-corrected chi connectivity index (χ2v) is 3.58. The second-order valence-electron chi connectivity index (χ2n) is 3.58. The molecule has 0 saturated heterocycles. The lowest BCUT2D eigenvalue weighted by Crippen LogP contribution is -2.22. The maximum Gasteiger partial charge on any atom is 0.257 e. The number of rotatable bonds is 2. The number of carbonyl (C=O) groups excluding carboxylic acids is 1. The minimum atomic E-state index is -0.129. The zero-order valence-corrected chi connectivity index (χ0v) is 9.44. The number of carbonyl (C=O) groups is 1. The van der Waals surface area contributed by atoms with Gasteiger partial charge < -0.3 is 19.1 Å². The van der Waals surface area contributed by atoms with Crippen LogP contribution in [0.2, 0.25) is 0 Å². The summed E-state index contributed by atoms with van der Waals surface area (Å²) >= 11 is 0. The average molecular weight is 223 g/mol. The van der Waals surface area contributed by atoms with E-state index in [4.69, 9.17) is 14.2 Å². The van der Waals surface area contributed by atoms with Crippen molar-refractivity contribution in [2.24, 2.45) is 0 Å². The molecule has 0 saturated carbocycles. The molecular weight excluding hydrogens is 210 g/mol. The van der Waals surface area contributed by atoms with Crippen LogP contribution < -0.4 is 14.2 Å². The highest BCUT2D eigenvalue weighted by atomic mass is 16.7. The van der Waals surface area contributed by atoms with E-state index in [0.717, 1.165) is 0 Å². The summed E-state index contributed by atoms with van der Waals surface area (Å²) in [7, 11) is 4.88. The largest absolute Gasteiger partial charge is 0.492 e.